The van der Waals surface area contributed by atoms with E-state index in [4.69, 9.17) is 4.74 Å². The van der Waals surface area contributed by atoms with Crippen LogP contribution >= 0.6 is 0 Å². The van der Waals surface area contributed by atoms with Gasteiger partial charge in [-0.05, 0) is 42.7 Å². The smallest absolute Gasteiger partial charge is 0.308 e. The summed E-state index contributed by atoms with van der Waals surface area (Å²) in [6.45, 7) is 1.61. The van der Waals surface area contributed by atoms with Gasteiger partial charge in [-0.25, -0.2) is 4.39 Å². The van der Waals surface area contributed by atoms with Crippen molar-refractivity contribution in [3.63, 3.8) is 0 Å². The number of ether oxygens (including phenoxy) is 1. The van der Waals surface area contributed by atoms with Crippen LogP contribution in [0, 0.1) is 5.82 Å². The van der Waals surface area contributed by atoms with E-state index in [1.54, 1.807) is 18.2 Å². The molecule has 1 aliphatic rings. The highest BCUT2D eigenvalue weighted by molar-refractivity contribution is 6.45. The van der Waals surface area contributed by atoms with Crippen molar-refractivity contribution in [2.24, 2.45) is 0 Å². The minimum Gasteiger partial charge on any atom is -0.426 e. The van der Waals surface area contributed by atoms with Crippen LogP contribution in [0.1, 0.15) is 35.7 Å². The van der Waals surface area contributed by atoms with Crippen molar-refractivity contribution in [1.82, 2.24) is 9.88 Å². The molecule has 0 atom stereocenters. The van der Waals surface area contributed by atoms with Crippen LogP contribution in [-0.2, 0) is 15.2 Å². The van der Waals surface area contributed by atoms with Crippen LogP contribution in [0.3, 0.4) is 0 Å². The second-order valence-corrected chi connectivity index (χ2v) is 7.63. The van der Waals surface area contributed by atoms with Crippen LogP contribution < -0.4 is 4.74 Å². The number of hydrogen-bond donors (Lipinski definition) is 2. The number of halogens is 1. The van der Waals surface area contributed by atoms with E-state index in [1.165, 1.54) is 42.3 Å². The lowest BCUT2D eigenvalue weighted by Gasteiger charge is -2.38. The maximum Gasteiger partial charge on any atom is 0.308 e. The normalized spacial score (nSPS) is 15.6. The zero-order valence-corrected chi connectivity index (χ0v) is 16.9. The van der Waals surface area contributed by atoms with E-state index in [-0.39, 0.29) is 37.2 Å². The Hall–Kier alpha value is -3.52. The Morgan fingerprint density at radius 1 is 1.10 bits per heavy atom. The molecule has 1 fully saturated rings. The van der Waals surface area contributed by atoms with Crippen molar-refractivity contribution in [3.05, 3.63) is 65.6 Å². The molecule has 1 saturated heterocycles. The van der Waals surface area contributed by atoms with E-state index < -0.39 is 29.1 Å². The van der Waals surface area contributed by atoms with Gasteiger partial charge < -0.3 is 19.7 Å². The predicted octanol–water partition coefficient (Wildman–Crippen LogP) is 2.93. The topological polar surface area (TPSA) is 99.7 Å². The van der Waals surface area contributed by atoms with Gasteiger partial charge in [0.15, 0.2) is 0 Å². The number of fused-ring (bicyclic) bond motifs is 1. The maximum atomic E-state index is 13.2. The number of aliphatic hydroxyl groups is 1. The summed E-state index contributed by atoms with van der Waals surface area (Å²) in [6.07, 6.45) is 1.88. The van der Waals surface area contributed by atoms with E-state index in [1.807, 2.05) is 0 Å². The van der Waals surface area contributed by atoms with Crippen LogP contribution in [-0.4, -0.2) is 45.7 Å². The van der Waals surface area contributed by atoms with E-state index >= 15 is 0 Å². The molecule has 3 aromatic rings. The number of esters is 1. The van der Waals surface area contributed by atoms with Gasteiger partial charge >= 0.3 is 5.97 Å². The predicted molar refractivity (Wildman–Crippen MR) is 110 cm³/mol. The van der Waals surface area contributed by atoms with Crippen LogP contribution in [0.15, 0.2) is 48.7 Å². The standard InChI is InChI=1S/C23H21FN2O5/c1-14(27)31-19-4-2-3-18-20(19)17(13-25-18)21(28)22(29)26-11-9-23(30,10-12-26)15-5-7-16(24)8-6-15/h2-8,13,25,30H,9-12H2,1H3. The lowest BCUT2D eigenvalue weighted by molar-refractivity contribution is -0.132. The summed E-state index contributed by atoms with van der Waals surface area (Å²) in [5, 5.41) is 11.3. The number of ketones is 1. The summed E-state index contributed by atoms with van der Waals surface area (Å²) >= 11 is 0. The second kappa shape index (κ2) is 7.96. The fourth-order valence-corrected chi connectivity index (χ4v) is 3.96. The molecule has 2 N–H and O–H groups in total. The highest BCUT2D eigenvalue weighted by atomic mass is 19.1. The van der Waals surface area contributed by atoms with Crippen molar-refractivity contribution < 1.29 is 28.6 Å². The Kier molecular flexibility index (Phi) is 5.32. The van der Waals surface area contributed by atoms with E-state index in [2.05, 4.69) is 4.98 Å². The molecule has 2 aromatic carbocycles. The van der Waals surface area contributed by atoms with E-state index in [0.29, 0.717) is 16.5 Å². The van der Waals surface area contributed by atoms with Crippen molar-refractivity contribution in [1.29, 1.82) is 0 Å². The fraction of sp³-hybridized carbons (Fsp3) is 0.261. The summed E-state index contributed by atoms with van der Waals surface area (Å²) in [4.78, 5) is 41.6. The van der Waals surface area contributed by atoms with Crippen LogP contribution in [0.2, 0.25) is 0 Å². The number of carbonyl (C=O) groups is 3. The lowest BCUT2D eigenvalue weighted by Crippen LogP contribution is -2.47. The number of Topliss-reactive ketones (excluding diaryl/α,β-unsaturated/α-hetero) is 1. The molecule has 7 nitrogen and oxygen atoms in total. The van der Waals surface area contributed by atoms with Crippen LogP contribution in [0.4, 0.5) is 4.39 Å². The van der Waals surface area contributed by atoms with Crippen molar-refractivity contribution in [2.75, 3.05) is 13.1 Å². The molecule has 0 saturated carbocycles. The molecular weight excluding hydrogens is 403 g/mol. The molecule has 1 amide bonds. The third-order valence-corrected chi connectivity index (χ3v) is 5.62. The fourth-order valence-electron chi connectivity index (χ4n) is 3.96. The van der Waals surface area contributed by atoms with Gasteiger partial charge in [-0.2, -0.15) is 0 Å². The highest BCUT2D eigenvalue weighted by Crippen LogP contribution is 2.34. The minimum atomic E-state index is -1.18. The Morgan fingerprint density at radius 2 is 1.77 bits per heavy atom. The molecule has 1 aromatic heterocycles. The zero-order valence-electron chi connectivity index (χ0n) is 16.9. The van der Waals surface area contributed by atoms with Gasteiger partial charge in [0.2, 0.25) is 0 Å². The number of H-pyrrole nitrogens is 1. The van der Waals surface area contributed by atoms with Crippen molar-refractivity contribution in [2.45, 2.75) is 25.4 Å². The molecular formula is C23H21FN2O5. The molecule has 0 radical (unpaired) electrons. The Labute approximate surface area is 177 Å². The van der Waals surface area contributed by atoms with Crippen molar-refractivity contribution in [3.8, 4) is 5.75 Å². The number of nitrogens with one attached hydrogen (secondary N) is 1. The largest absolute Gasteiger partial charge is 0.426 e. The summed E-state index contributed by atoms with van der Waals surface area (Å²) in [6, 6.07) is 10.6. The Bertz CT molecular complexity index is 1160. The third-order valence-electron chi connectivity index (χ3n) is 5.62. The van der Waals surface area contributed by atoms with Crippen molar-refractivity contribution >= 4 is 28.6 Å². The number of piperidine rings is 1. The van der Waals surface area contributed by atoms with Crippen LogP contribution in [0.5, 0.6) is 5.75 Å². The number of nitrogens with zero attached hydrogens (tertiary/aromatic N) is 1. The number of rotatable bonds is 4. The zero-order chi connectivity index (χ0) is 22.2. The number of aromatic nitrogens is 1. The molecule has 31 heavy (non-hydrogen) atoms. The van der Waals surface area contributed by atoms with Gasteiger partial charge in [-0.1, -0.05) is 18.2 Å². The SMILES string of the molecule is CC(=O)Oc1cccc2[nH]cc(C(=O)C(=O)N3CCC(O)(c4ccc(F)cc4)CC3)c12. The third kappa shape index (κ3) is 3.94. The average Bonchev–Trinajstić information content (AvgIpc) is 3.18. The monoisotopic (exact) mass is 424 g/mol. The minimum absolute atomic E-state index is 0.121. The summed E-state index contributed by atoms with van der Waals surface area (Å²) in [5.74, 6) is -2.14. The molecule has 0 aliphatic carbocycles. The Morgan fingerprint density at radius 3 is 2.42 bits per heavy atom. The number of hydrogen-bond acceptors (Lipinski definition) is 5. The number of likely N-dealkylation sites (tertiary alicyclic amines) is 1. The van der Waals surface area contributed by atoms with Crippen LogP contribution in [0.25, 0.3) is 10.9 Å². The lowest BCUT2D eigenvalue weighted by atomic mass is 9.84. The molecule has 0 spiro atoms. The first kappa shape index (κ1) is 20.7. The summed E-state index contributed by atoms with van der Waals surface area (Å²) in [5.41, 5.74) is 0.0852. The quantitative estimate of drug-likeness (QED) is 0.290. The molecule has 8 heteroatoms. The van der Waals surface area contributed by atoms with Gasteiger partial charge in [0.1, 0.15) is 11.6 Å². The van der Waals surface area contributed by atoms with Gasteiger partial charge in [0.25, 0.3) is 11.7 Å². The molecule has 0 unspecified atom stereocenters. The van der Waals surface area contributed by atoms with Gasteiger partial charge in [0.05, 0.1) is 16.6 Å². The highest BCUT2D eigenvalue weighted by Gasteiger charge is 2.37. The number of amides is 1. The molecule has 0 bridgehead atoms. The van der Waals surface area contributed by atoms with Gasteiger partial charge in [0, 0.05) is 31.7 Å². The number of aromatic amines is 1. The first-order valence-corrected chi connectivity index (χ1v) is 9.89. The number of carbonyl (C=O) groups excluding carboxylic acids is 3. The van der Waals surface area contributed by atoms with Gasteiger partial charge in [-0.15, -0.1) is 0 Å². The molecule has 2 heterocycles. The summed E-state index contributed by atoms with van der Waals surface area (Å²) < 4.78 is 18.4. The first-order valence-electron chi connectivity index (χ1n) is 9.89. The maximum absolute atomic E-state index is 13.2. The first-order chi connectivity index (χ1) is 14.8. The van der Waals surface area contributed by atoms with E-state index in [0.717, 1.165) is 0 Å². The molecule has 4 rings (SSSR count). The average molecular weight is 424 g/mol. The molecule has 160 valence electrons. The number of benzene rings is 2. The molecule has 1 aliphatic heterocycles. The summed E-state index contributed by atoms with van der Waals surface area (Å²) in [7, 11) is 0. The van der Waals surface area contributed by atoms with E-state index in [9.17, 15) is 23.9 Å². The van der Waals surface area contributed by atoms with Gasteiger partial charge in [-0.3, -0.25) is 14.4 Å². The Balaban J connectivity index is 1.53. The second-order valence-electron chi connectivity index (χ2n) is 7.63.